The van der Waals surface area contributed by atoms with Crippen LogP contribution in [0.5, 0.6) is 0 Å². The minimum atomic E-state index is -0.271. The molecule has 0 atom stereocenters. The van der Waals surface area contributed by atoms with Crippen LogP contribution in [0.25, 0.3) is 11.3 Å². The third-order valence-corrected chi connectivity index (χ3v) is 4.98. The molecule has 1 saturated heterocycles. The van der Waals surface area contributed by atoms with Gasteiger partial charge >= 0.3 is 0 Å². The van der Waals surface area contributed by atoms with E-state index in [4.69, 9.17) is 0 Å². The molecule has 1 fully saturated rings. The minimum absolute atomic E-state index is 0.0642. The van der Waals surface area contributed by atoms with E-state index in [2.05, 4.69) is 14.9 Å². The fourth-order valence-corrected chi connectivity index (χ4v) is 3.32. The molecule has 2 heterocycles. The maximum Gasteiger partial charge on any atom is 0.253 e. The Labute approximate surface area is 163 Å². The SMILES string of the molecule is Cc1ccc(C(=O)N2CCN(c3cc(-c4ccc(F)cc4)ncn3)CC2)cc1. The van der Waals surface area contributed by atoms with Crippen molar-refractivity contribution >= 4 is 11.7 Å². The van der Waals surface area contributed by atoms with E-state index in [0.717, 1.165) is 28.2 Å². The van der Waals surface area contributed by atoms with E-state index in [9.17, 15) is 9.18 Å². The van der Waals surface area contributed by atoms with E-state index in [0.29, 0.717) is 26.2 Å². The molecule has 1 aliphatic rings. The second-order valence-electron chi connectivity index (χ2n) is 6.91. The number of halogens is 1. The van der Waals surface area contributed by atoms with Crippen LogP contribution in [0.1, 0.15) is 15.9 Å². The first-order valence-electron chi connectivity index (χ1n) is 9.29. The van der Waals surface area contributed by atoms with Gasteiger partial charge in [0.05, 0.1) is 5.69 Å². The lowest BCUT2D eigenvalue weighted by Gasteiger charge is -2.35. The quantitative estimate of drug-likeness (QED) is 0.701. The van der Waals surface area contributed by atoms with Gasteiger partial charge in [0.2, 0.25) is 0 Å². The summed E-state index contributed by atoms with van der Waals surface area (Å²) in [5.74, 6) is 0.610. The number of benzene rings is 2. The molecule has 6 heteroatoms. The Kier molecular flexibility index (Phi) is 5.02. The summed E-state index contributed by atoms with van der Waals surface area (Å²) < 4.78 is 13.1. The van der Waals surface area contributed by atoms with Crippen LogP contribution < -0.4 is 4.90 Å². The van der Waals surface area contributed by atoms with Crippen LogP contribution in [-0.2, 0) is 0 Å². The van der Waals surface area contributed by atoms with Gasteiger partial charge in [-0.05, 0) is 43.3 Å². The zero-order valence-electron chi connectivity index (χ0n) is 15.7. The summed E-state index contributed by atoms with van der Waals surface area (Å²) in [6.45, 7) is 4.70. The molecule has 0 aliphatic carbocycles. The van der Waals surface area contributed by atoms with Crippen molar-refractivity contribution in [3.05, 3.63) is 77.9 Å². The third-order valence-electron chi connectivity index (χ3n) is 4.98. The summed E-state index contributed by atoms with van der Waals surface area (Å²) in [7, 11) is 0. The zero-order valence-corrected chi connectivity index (χ0v) is 15.7. The number of anilines is 1. The highest BCUT2D eigenvalue weighted by atomic mass is 19.1. The third kappa shape index (κ3) is 3.86. The molecule has 4 rings (SSSR count). The monoisotopic (exact) mass is 376 g/mol. The fraction of sp³-hybridized carbons (Fsp3) is 0.227. The number of carbonyl (C=O) groups excluding carboxylic acids is 1. The Bertz CT molecular complexity index is 965. The first kappa shape index (κ1) is 18.1. The van der Waals surface area contributed by atoms with Crippen LogP contribution in [0.4, 0.5) is 10.2 Å². The Morgan fingerprint density at radius 1 is 0.929 bits per heavy atom. The zero-order chi connectivity index (χ0) is 19.5. The van der Waals surface area contributed by atoms with Crippen molar-refractivity contribution in [3.8, 4) is 11.3 Å². The summed E-state index contributed by atoms with van der Waals surface area (Å²) in [6, 6.07) is 15.8. The van der Waals surface area contributed by atoms with Crippen molar-refractivity contribution < 1.29 is 9.18 Å². The van der Waals surface area contributed by atoms with Gasteiger partial charge in [-0.1, -0.05) is 17.7 Å². The van der Waals surface area contributed by atoms with E-state index >= 15 is 0 Å². The number of hydrogen-bond acceptors (Lipinski definition) is 4. The van der Waals surface area contributed by atoms with Crippen molar-refractivity contribution in [1.29, 1.82) is 0 Å². The maximum absolute atomic E-state index is 13.1. The van der Waals surface area contributed by atoms with Gasteiger partial charge < -0.3 is 9.80 Å². The Balaban J connectivity index is 1.44. The molecule has 0 spiro atoms. The molecule has 0 saturated carbocycles. The van der Waals surface area contributed by atoms with E-state index in [1.807, 2.05) is 42.2 Å². The molecular weight excluding hydrogens is 355 g/mol. The number of hydrogen-bond donors (Lipinski definition) is 0. The molecule has 1 aliphatic heterocycles. The molecule has 0 N–H and O–H groups in total. The molecule has 3 aromatic rings. The number of rotatable bonds is 3. The Morgan fingerprint density at radius 3 is 2.29 bits per heavy atom. The number of amides is 1. The largest absolute Gasteiger partial charge is 0.353 e. The van der Waals surface area contributed by atoms with Crippen molar-refractivity contribution in [3.63, 3.8) is 0 Å². The molecular formula is C22H21FN4O. The van der Waals surface area contributed by atoms with Crippen molar-refractivity contribution in [1.82, 2.24) is 14.9 Å². The van der Waals surface area contributed by atoms with Crippen LogP contribution in [-0.4, -0.2) is 47.0 Å². The number of aromatic nitrogens is 2. The molecule has 0 bridgehead atoms. The van der Waals surface area contributed by atoms with Gasteiger partial charge in [-0.25, -0.2) is 14.4 Å². The lowest BCUT2D eigenvalue weighted by atomic mass is 10.1. The number of carbonyl (C=O) groups is 1. The lowest BCUT2D eigenvalue weighted by Crippen LogP contribution is -2.49. The van der Waals surface area contributed by atoms with Gasteiger partial charge in [0, 0.05) is 43.4 Å². The lowest BCUT2D eigenvalue weighted by molar-refractivity contribution is 0.0746. The van der Waals surface area contributed by atoms with Crippen LogP contribution in [0.3, 0.4) is 0 Å². The average molecular weight is 376 g/mol. The standard InChI is InChI=1S/C22H21FN4O/c1-16-2-4-18(5-3-16)22(28)27-12-10-26(11-13-27)21-14-20(24-15-25-21)17-6-8-19(23)9-7-17/h2-9,14-15H,10-13H2,1H3. The molecule has 5 nitrogen and oxygen atoms in total. The molecule has 0 unspecified atom stereocenters. The summed E-state index contributed by atoms with van der Waals surface area (Å²) in [5, 5.41) is 0. The predicted molar refractivity (Wildman–Crippen MR) is 107 cm³/mol. The molecule has 2 aromatic carbocycles. The molecule has 1 amide bonds. The maximum atomic E-state index is 13.1. The van der Waals surface area contributed by atoms with E-state index in [1.54, 1.807) is 12.1 Å². The summed E-state index contributed by atoms with van der Waals surface area (Å²) in [4.78, 5) is 25.4. The van der Waals surface area contributed by atoms with E-state index in [-0.39, 0.29) is 11.7 Å². The second kappa shape index (κ2) is 7.76. The van der Waals surface area contributed by atoms with Crippen molar-refractivity contribution in [2.24, 2.45) is 0 Å². The van der Waals surface area contributed by atoms with Gasteiger partial charge in [-0.3, -0.25) is 4.79 Å². The van der Waals surface area contributed by atoms with Gasteiger partial charge in [0.1, 0.15) is 18.0 Å². The molecule has 142 valence electrons. The molecule has 0 radical (unpaired) electrons. The van der Waals surface area contributed by atoms with Gasteiger partial charge in [0.15, 0.2) is 0 Å². The van der Waals surface area contributed by atoms with Crippen molar-refractivity contribution in [2.75, 3.05) is 31.1 Å². The number of piperazine rings is 1. The smallest absolute Gasteiger partial charge is 0.253 e. The number of nitrogens with zero attached hydrogens (tertiary/aromatic N) is 4. The highest BCUT2D eigenvalue weighted by Gasteiger charge is 2.23. The highest BCUT2D eigenvalue weighted by molar-refractivity contribution is 5.94. The fourth-order valence-electron chi connectivity index (χ4n) is 3.32. The minimum Gasteiger partial charge on any atom is -0.353 e. The summed E-state index contributed by atoms with van der Waals surface area (Å²) >= 11 is 0. The summed E-state index contributed by atoms with van der Waals surface area (Å²) in [6.07, 6.45) is 1.53. The Morgan fingerprint density at radius 2 is 1.61 bits per heavy atom. The average Bonchev–Trinajstić information content (AvgIpc) is 2.74. The molecule has 1 aromatic heterocycles. The topological polar surface area (TPSA) is 49.3 Å². The van der Waals surface area contributed by atoms with Gasteiger partial charge in [0.25, 0.3) is 5.91 Å². The Hall–Kier alpha value is -3.28. The normalized spacial score (nSPS) is 14.2. The van der Waals surface area contributed by atoms with Crippen LogP contribution in [0, 0.1) is 12.7 Å². The number of aryl methyl sites for hydroxylation is 1. The van der Waals surface area contributed by atoms with Crippen LogP contribution in [0.2, 0.25) is 0 Å². The van der Waals surface area contributed by atoms with E-state index in [1.165, 1.54) is 18.5 Å². The van der Waals surface area contributed by atoms with Crippen LogP contribution >= 0.6 is 0 Å². The van der Waals surface area contributed by atoms with Crippen LogP contribution in [0.15, 0.2) is 60.9 Å². The summed E-state index contributed by atoms with van der Waals surface area (Å²) in [5.41, 5.74) is 3.46. The van der Waals surface area contributed by atoms with E-state index < -0.39 is 0 Å². The first-order valence-corrected chi connectivity index (χ1v) is 9.29. The second-order valence-corrected chi connectivity index (χ2v) is 6.91. The van der Waals surface area contributed by atoms with Gasteiger partial charge in [-0.15, -0.1) is 0 Å². The highest BCUT2D eigenvalue weighted by Crippen LogP contribution is 2.22. The predicted octanol–water partition coefficient (Wildman–Crippen LogP) is 3.55. The van der Waals surface area contributed by atoms with Gasteiger partial charge in [-0.2, -0.15) is 0 Å². The van der Waals surface area contributed by atoms with Crippen molar-refractivity contribution in [2.45, 2.75) is 6.92 Å². The first-order chi connectivity index (χ1) is 13.6. The molecule has 28 heavy (non-hydrogen) atoms.